The maximum absolute atomic E-state index is 13.2. The van der Waals surface area contributed by atoms with Gasteiger partial charge in [-0.15, -0.1) is 0 Å². The minimum absolute atomic E-state index is 0.0302. The predicted molar refractivity (Wildman–Crippen MR) is 122 cm³/mol. The largest absolute Gasteiger partial charge is 0.497 e. The van der Waals surface area contributed by atoms with E-state index in [9.17, 15) is 14.4 Å². The minimum atomic E-state index is -0.488. The molecular weight excluding hydrogens is 406 g/mol. The summed E-state index contributed by atoms with van der Waals surface area (Å²) in [7, 11) is 1.59. The topological polar surface area (TPSA) is 80.6 Å². The molecule has 1 N–H and O–H groups in total. The maximum Gasteiger partial charge on any atom is 0.259 e. The number of piperidine rings is 1. The molecule has 7 nitrogen and oxygen atoms in total. The van der Waals surface area contributed by atoms with Gasteiger partial charge in [0, 0.05) is 38.1 Å². The van der Waals surface area contributed by atoms with Crippen LogP contribution in [0.2, 0.25) is 0 Å². The fourth-order valence-electron chi connectivity index (χ4n) is 4.65. The lowest BCUT2D eigenvalue weighted by molar-refractivity contribution is 0.0722. The second-order valence-electron chi connectivity index (χ2n) is 8.69. The van der Waals surface area contributed by atoms with E-state index in [4.69, 9.17) is 4.74 Å². The van der Waals surface area contributed by atoms with Gasteiger partial charge in [0.1, 0.15) is 16.9 Å². The van der Waals surface area contributed by atoms with Crippen LogP contribution in [0.15, 0.2) is 41.5 Å². The van der Waals surface area contributed by atoms with Gasteiger partial charge in [0.2, 0.25) is 5.43 Å². The lowest BCUT2D eigenvalue weighted by atomic mass is 10.1. The molecule has 1 saturated carbocycles. The summed E-state index contributed by atoms with van der Waals surface area (Å²) in [6, 6.07) is 7.63. The molecule has 1 aliphatic heterocycles. The number of methoxy groups -OCH3 is 1. The summed E-state index contributed by atoms with van der Waals surface area (Å²) in [5.74, 6) is -0.0174. The zero-order valence-electron chi connectivity index (χ0n) is 18.6. The second kappa shape index (κ2) is 10.0. The molecule has 170 valence electrons. The molecule has 32 heavy (non-hydrogen) atoms. The number of amides is 2. The fourth-order valence-corrected chi connectivity index (χ4v) is 4.65. The van der Waals surface area contributed by atoms with Gasteiger partial charge in [-0.3, -0.25) is 14.4 Å². The third-order valence-corrected chi connectivity index (χ3v) is 6.50. The number of nitrogens with zero attached hydrogens (tertiary/aromatic N) is 2. The van der Waals surface area contributed by atoms with Crippen LogP contribution in [-0.2, 0) is 6.54 Å². The van der Waals surface area contributed by atoms with Gasteiger partial charge in [-0.25, -0.2) is 0 Å². The van der Waals surface area contributed by atoms with E-state index in [1.807, 2.05) is 28.8 Å². The SMILES string of the molecule is COc1cccc(CNC(=O)c2cn(C3CCCC3)cc(C(=O)N3CCCCC3)c2=O)c1. The Balaban J connectivity index is 1.61. The van der Waals surface area contributed by atoms with Crippen LogP contribution in [0.4, 0.5) is 0 Å². The molecule has 1 aromatic heterocycles. The number of likely N-dealkylation sites (tertiary alicyclic amines) is 1. The number of nitrogens with one attached hydrogen (secondary N) is 1. The van der Waals surface area contributed by atoms with Gasteiger partial charge in [0.25, 0.3) is 11.8 Å². The van der Waals surface area contributed by atoms with Crippen LogP contribution in [0.25, 0.3) is 0 Å². The number of hydrogen-bond donors (Lipinski definition) is 1. The van der Waals surface area contributed by atoms with Crippen LogP contribution in [0.1, 0.15) is 77.3 Å². The van der Waals surface area contributed by atoms with Gasteiger partial charge < -0.3 is 19.5 Å². The molecule has 2 fully saturated rings. The minimum Gasteiger partial charge on any atom is -0.497 e. The highest BCUT2D eigenvalue weighted by atomic mass is 16.5. The van der Waals surface area contributed by atoms with Crippen molar-refractivity contribution in [2.45, 2.75) is 57.5 Å². The van der Waals surface area contributed by atoms with Gasteiger partial charge in [0.05, 0.1) is 7.11 Å². The zero-order valence-corrected chi connectivity index (χ0v) is 18.6. The molecule has 2 aromatic rings. The van der Waals surface area contributed by atoms with Crippen LogP contribution < -0.4 is 15.5 Å². The number of carbonyl (C=O) groups excluding carboxylic acids is 2. The molecule has 0 atom stereocenters. The van der Waals surface area contributed by atoms with E-state index in [2.05, 4.69) is 5.32 Å². The van der Waals surface area contributed by atoms with Gasteiger partial charge in [-0.1, -0.05) is 25.0 Å². The Hall–Kier alpha value is -3.09. The smallest absolute Gasteiger partial charge is 0.259 e. The number of pyridine rings is 1. The van der Waals surface area contributed by atoms with Crippen molar-refractivity contribution >= 4 is 11.8 Å². The number of carbonyl (C=O) groups is 2. The first kappa shape index (κ1) is 22.1. The average molecular weight is 438 g/mol. The van der Waals surface area contributed by atoms with Crippen molar-refractivity contribution in [3.8, 4) is 5.75 Å². The van der Waals surface area contributed by atoms with Gasteiger partial charge >= 0.3 is 0 Å². The highest BCUT2D eigenvalue weighted by molar-refractivity contribution is 5.99. The second-order valence-corrected chi connectivity index (χ2v) is 8.69. The number of ether oxygens (including phenoxy) is 1. The molecule has 2 amide bonds. The molecule has 0 radical (unpaired) electrons. The first-order chi connectivity index (χ1) is 15.6. The maximum atomic E-state index is 13.2. The standard InChI is InChI=1S/C25H31N3O4/c1-32-20-11-7-8-18(14-20)15-26-24(30)21-16-28(19-9-3-4-10-19)17-22(23(21)29)25(31)27-12-5-2-6-13-27/h7-8,11,14,16-17,19H,2-6,9-10,12-13,15H2,1H3,(H,26,30). The van der Waals surface area contributed by atoms with E-state index < -0.39 is 11.3 Å². The van der Waals surface area contributed by atoms with Crippen molar-refractivity contribution in [2.75, 3.05) is 20.2 Å². The Morgan fingerprint density at radius 2 is 1.75 bits per heavy atom. The van der Waals surface area contributed by atoms with E-state index in [0.29, 0.717) is 18.8 Å². The normalized spacial score (nSPS) is 16.7. The van der Waals surface area contributed by atoms with Gasteiger partial charge in [0.15, 0.2) is 0 Å². The van der Waals surface area contributed by atoms with Crippen molar-refractivity contribution in [3.05, 3.63) is 63.6 Å². The molecule has 1 saturated heterocycles. The van der Waals surface area contributed by atoms with Crippen molar-refractivity contribution < 1.29 is 14.3 Å². The lowest BCUT2D eigenvalue weighted by Crippen LogP contribution is -2.40. The van der Waals surface area contributed by atoms with Gasteiger partial charge in [-0.05, 0) is 49.8 Å². The molecule has 1 aromatic carbocycles. The molecule has 7 heteroatoms. The van der Waals surface area contributed by atoms with Crippen molar-refractivity contribution in [1.82, 2.24) is 14.8 Å². The summed E-state index contributed by atoms with van der Waals surface area (Å²) >= 11 is 0. The molecule has 2 aliphatic rings. The van der Waals surface area contributed by atoms with Crippen LogP contribution in [0, 0.1) is 0 Å². The first-order valence-electron chi connectivity index (χ1n) is 11.5. The van der Waals surface area contributed by atoms with Crippen LogP contribution in [0.5, 0.6) is 5.75 Å². The van der Waals surface area contributed by atoms with Gasteiger partial charge in [-0.2, -0.15) is 0 Å². The Kier molecular flexibility index (Phi) is 6.93. The first-order valence-corrected chi connectivity index (χ1v) is 11.5. The summed E-state index contributed by atoms with van der Waals surface area (Å²) in [5.41, 5.74) is 0.516. The van der Waals surface area contributed by atoms with Crippen LogP contribution in [-0.4, -0.2) is 41.5 Å². The van der Waals surface area contributed by atoms with Crippen molar-refractivity contribution in [2.24, 2.45) is 0 Å². The van der Waals surface area contributed by atoms with Crippen molar-refractivity contribution in [3.63, 3.8) is 0 Å². The Bertz CT molecular complexity index is 1030. The lowest BCUT2D eigenvalue weighted by Gasteiger charge is -2.27. The Morgan fingerprint density at radius 3 is 2.47 bits per heavy atom. The van der Waals surface area contributed by atoms with Crippen LogP contribution >= 0.6 is 0 Å². The third kappa shape index (κ3) is 4.87. The summed E-state index contributed by atoms with van der Waals surface area (Å²) in [6.45, 7) is 1.59. The molecule has 0 bridgehead atoms. The van der Waals surface area contributed by atoms with E-state index in [-0.39, 0.29) is 29.6 Å². The molecule has 0 spiro atoms. The molecule has 4 rings (SSSR count). The highest BCUT2D eigenvalue weighted by Gasteiger charge is 2.26. The highest BCUT2D eigenvalue weighted by Crippen LogP contribution is 2.29. The quantitative estimate of drug-likeness (QED) is 0.750. The van der Waals surface area contributed by atoms with Crippen molar-refractivity contribution in [1.29, 1.82) is 0 Å². The summed E-state index contributed by atoms with van der Waals surface area (Å²) in [5, 5.41) is 2.84. The third-order valence-electron chi connectivity index (χ3n) is 6.50. The average Bonchev–Trinajstić information content (AvgIpc) is 3.38. The molecule has 2 heterocycles. The number of benzene rings is 1. The molecule has 1 aliphatic carbocycles. The summed E-state index contributed by atoms with van der Waals surface area (Å²) in [4.78, 5) is 41.2. The predicted octanol–water partition coefficient (Wildman–Crippen LogP) is 3.53. The monoisotopic (exact) mass is 437 g/mol. The Labute approximate surface area is 188 Å². The number of aromatic nitrogens is 1. The summed E-state index contributed by atoms with van der Waals surface area (Å²) < 4.78 is 7.15. The van der Waals surface area contributed by atoms with Crippen LogP contribution in [0.3, 0.4) is 0 Å². The summed E-state index contributed by atoms with van der Waals surface area (Å²) in [6.07, 6.45) is 10.5. The molecule has 0 unspecified atom stereocenters. The number of rotatable bonds is 6. The Morgan fingerprint density at radius 1 is 1.03 bits per heavy atom. The van der Waals surface area contributed by atoms with E-state index >= 15 is 0 Å². The van der Waals surface area contributed by atoms with E-state index in [0.717, 1.165) is 50.5 Å². The molecular formula is C25H31N3O4. The van der Waals surface area contributed by atoms with E-state index in [1.165, 1.54) is 0 Å². The number of hydrogen-bond acceptors (Lipinski definition) is 4. The van der Waals surface area contributed by atoms with E-state index in [1.54, 1.807) is 24.4 Å². The zero-order chi connectivity index (χ0) is 22.5. The fraction of sp³-hybridized carbons (Fsp3) is 0.480.